The van der Waals surface area contributed by atoms with Crippen molar-refractivity contribution in [1.29, 1.82) is 0 Å². The van der Waals surface area contributed by atoms with Gasteiger partial charge in [0.15, 0.2) is 0 Å². The largest absolute Gasteiger partial charge is 0.465 e. The Bertz CT molecular complexity index is 487. The van der Waals surface area contributed by atoms with E-state index in [-0.39, 0.29) is 5.97 Å². The number of hydrogen-bond donors (Lipinski definition) is 0. The summed E-state index contributed by atoms with van der Waals surface area (Å²) in [6.07, 6.45) is 11.5. The Hall–Kier alpha value is -2.16. The van der Waals surface area contributed by atoms with Crippen LogP contribution >= 0.6 is 0 Å². The first-order chi connectivity index (χ1) is 8.69. The average molecular weight is 243 g/mol. The first kappa shape index (κ1) is 13.9. The minimum Gasteiger partial charge on any atom is -0.465 e. The number of aromatic nitrogens is 1. The molecule has 0 aliphatic rings. The Kier molecular flexibility index (Phi) is 5.58. The summed E-state index contributed by atoms with van der Waals surface area (Å²) in [5.74, 6) is -0.372. The molecule has 1 aromatic rings. The van der Waals surface area contributed by atoms with E-state index in [4.69, 9.17) is 4.74 Å². The van der Waals surface area contributed by atoms with Crippen molar-refractivity contribution in [3.05, 3.63) is 66.0 Å². The molecule has 1 aromatic heterocycles. The topological polar surface area (TPSA) is 39.2 Å². The van der Waals surface area contributed by atoms with Gasteiger partial charge in [-0.3, -0.25) is 4.98 Å². The molecule has 0 amide bonds. The summed E-state index contributed by atoms with van der Waals surface area (Å²) >= 11 is 0. The van der Waals surface area contributed by atoms with Gasteiger partial charge < -0.3 is 4.74 Å². The predicted molar refractivity (Wildman–Crippen MR) is 72.4 cm³/mol. The first-order valence-electron chi connectivity index (χ1n) is 5.67. The molecule has 0 aliphatic carbocycles. The normalized spacial score (nSPS) is 11.0. The van der Waals surface area contributed by atoms with Crippen molar-refractivity contribution in [1.82, 2.24) is 4.98 Å². The second-order valence-corrected chi connectivity index (χ2v) is 3.74. The van der Waals surface area contributed by atoms with Crippen molar-refractivity contribution in [2.45, 2.75) is 13.3 Å². The second kappa shape index (κ2) is 7.22. The molecule has 3 heteroatoms. The van der Waals surface area contributed by atoms with E-state index in [1.807, 2.05) is 31.2 Å². The highest BCUT2D eigenvalue weighted by Crippen LogP contribution is 2.13. The molecule has 0 bridgehead atoms. The molecule has 0 saturated heterocycles. The number of rotatable bonds is 5. The van der Waals surface area contributed by atoms with Crippen LogP contribution in [0.1, 0.15) is 22.8 Å². The maximum Gasteiger partial charge on any atom is 0.339 e. The summed E-state index contributed by atoms with van der Waals surface area (Å²) in [6.45, 7) is 5.90. The maximum atomic E-state index is 11.6. The van der Waals surface area contributed by atoms with Crippen LogP contribution in [0, 0.1) is 0 Å². The van der Waals surface area contributed by atoms with E-state index >= 15 is 0 Å². The lowest BCUT2D eigenvalue weighted by molar-refractivity contribution is 0.0599. The molecular weight excluding hydrogens is 226 g/mol. The van der Waals surface area contributed by atoms with Crippen LogP contribution in [0.5, 0.6) is 0 Å². The van der Waals surface area contributed by atoms with Gasteiger partial charge in [-0.1, -0.05) is 36.5 Å². The summed E-state index contributed by atoms with van der Waals surface area (Å²) in [5, 5.41) is 0. The van der Waals surface area contributed by atoms with Gasteiger partial charge in [0, 0.05) is 12.4 Å². The molecule has 0 aliphatic heterocycles. The van der Waals surface area contributed by atoms with E-state index in [2.05, 4.69) is 11.6 Å². The molecule has 0 radical (unpaired) electrons. The molecule has 0 atom stereocenters. The number of carbonyl (C=O) groups is 1. The number of hydrogen-bond acceptors (Lipinski definition) is 3. The van der Waals surface area contributed by atoms with Crippen LogP contribution in [0.25, 0.3) is 0 Å². The highest BCUT2D eigenvalue weighted by atomic mass is 16.5. The SMILES string of the molecule is C=C(/C=C\C=C/C)Cc1ccncc1C(=O)OC. The van der Waals surface area contributed by atoms with Gasteiger partial charge in [0.2, 0.25) is 0 Å². The van der Waals surface area contributed by atoms with Gasteiger partial charge >= 0.3 is 5.97 Å². The van der Waals surface area contributed by atoms with Gasteiger partial charge in [0.1, 0.15) is 0 Å². The molecule has 0 fully saturated rings. The van der Waals surface area contributed by atoms with E-state index in [9.17, 15) is 4.79 Å². The number of allylic oxidation sites excluding steroid dienone is 5. The molecule has 0 unspecified atom stereocenters. The fraction of sp³-hybridized carbons (Fsp3) is 0.200. The van der Waals surface area contributed by atoms with E-state index in [0.29, 0.717) is 12.0 Å². The van der Waals surface area contributed by atoms with Crippen molar-refractivity contribution >= 4 is 5.97 Å². The Morgan fingerprint density at radius 2 is 2.28 bits per heavy atom. The molecule has 1 rings (SSSR count). The van der Waals surface area contributed by atoms with Gasteiger partial charge in [-0.2, -0.15) is 0 Å². The number of ether oxygens (including phenoxy) is 1. The van der Waals surface area contributed by atoms with Crippen LogP contribution in [0.4, 0.5) is 0 Å². The predicted octanol–water partition coefficient (Wildman–Crippen LogP) is 3.10. The minimum atomic E-state index is -0.372. The Labute approximate surface area is 108 Å². The second-order valence-electron chi connectivity index (χ2n) is 3.74. The summed E-state index contributed by atoms with van der Waals surface area (Å²) < 4.78 is 4.72. The van der Waals surface area contributed by atoms with Crippen molar-refractivity contribution < 1.29 is 9.53 Å². The number of nitrogens with zero attached hydrogens (tertiary/aromatic N) is 1. The summed E-state index contributed by atoms with van der Waals surface area (Å²) in [4.78, 5) is 15.5. The van der Waals surface area contributed by atoms with Gasteiger partial charge in [0.05, 0.1) is 12.7 Å². The molecule has 94 valence electrons. The van der Waals surface area contributed by atoms with Crippen LogP contribution in [0.15, 0.2) is 54.9 Å². The summed E-state index contributed by atoms with van der Waals surface area (Å²) in [5.41, 5.74) is 2.28. The zero-order valence-electron chi connectivity index (χ0n) is 10.7. The van der Waals surface area contributed by atoms with Crippen molar-refractivity contribution in [2.75, 3.05) is 7.11 Å². The lowest BCUT2D eigenvalue weighted by Gasteiger charge is -2.06. The number of methoxy groups -OCH3 is 1. The monoisotopic (exact) mass is 243 g/mol. The lowest BCUT2D eigenvalue weighted by atomic mass is 10.0. The average Bonchev–Trinajstić information content (AvgIpc) is 2.39. The number of pyridine rings is 1. The summed E-state index contributed by atoms with van der Waals surface area (Å²) in [7, 11) is 1.36. The zero-order valence-corrected chi connectivity index (χ0v) is 10.7. The summed E-state index contributed by atoms with van der Waals surface area (Å²) in [6, 6.07) is 1.81. The molecule has 0 spiro atoms. The molecule has 1 heterocycles. The maximum absolute atomic E-state index is 11.6. The molecule has 3 nitrogen and oxygen atoms in total. The number of carbonyl (C=O) groups excluding carboxylic acids is 1. The van der Waals surface area contributed by atoms with Crippen LogP contribution in [-0.2, 0) is 11.2 Å². The van der Waals surface area contributed by atoms with Gasteiger partial charge in [0.25, 0.3) is 0 Å². The van der Waals surface area contributed by atoms with E-state index in [0.717, 1.165) is 11.1 Å². The third-order valence-corrected chi connectivity index (χ3v) is 2.37. The third kappa shape index (κ3) is 4.01. The molecule has 18 heavy (non-hydrogen) atoms. The quantitative estimate of drug-likeness (QED) is 0.589. The fourth-order valence-corrected chi connectivity index (χ4v) is 1.48. The van der Waals surface area contributed by atoms with E-state index < -0.39 is 0 Å². The highest BCUT2D eigenvalue weighted by Gasteiger charge is 2.11. The Morgan fingerprint density at radius 3 is 2.94 bits per heavy atom. The zero-order chi connectivity index (χ0) is 13.4. The smallest absolute Gasteiger partial charge is 0.339 e. The molecule has 0 N–H and O–H groups in total. The lowest BCUT2D eigenvalue weighted by Crippen LogP contribution is -2.06. The molecular formula is C15H17NO2. The molecule has 0 saturated carbocycles. The van der Waals surface area contributed by atoms with E-state index in [1.54, 1.807) is 12.3 Å². The van der Waals surface area contributed by atoms with Crippen LogP contribution < -0.4 is 0 Å². The standard InChI is InChI=1S/C15H17NO2/c1-4-5-6-7-12(2)10-13-8-9-16-11-14(13)15(17)18-3/h4-9,11H,2,10H2,1,3H3/b5-4-,7-6-. The van der Waals surface area contributed by atoms with Crippen molar-refractivity contribution in [3.63, 3.8) is 0 Å². The van der Waals surface area contributed by atoms with Gasteiger partial charge in [-0.05, 0) is 25.0 Å². The highest BCUT2D eigenvalue weighted by molar-refractivity contribution is 5.90. The first-order valence-corrected chi connectivity index (χ1v) is 5.67. The van der Waals surface area contributed by atoms with Crippen molar-refractivity contribution in [3.8, 4) is 0 Å². The van der Waals surface area contributed by atoms with E-state index in [1.165, 1.54) is 13.3 Å². The van der Waals surface area contributed by atoms with Gasteiger partial charge in [-0.15, -0.1) is 0 Å². The van der Waals surface area contributed by atoms with Crippen LogP contribution in [0.2, 0.25) is 0 Å². The Morgan fingerprint density at radius 1 is 1.50 bits per heavy atom. The molecule has 0 aromatic carbocycles. The Balaban J connectivity index is 2.84. The third-order valence-electron chi connectivity index (χ3n) is 2.37. The number of esters is 1. The van der Waals surface area contributed by atoms with Crippen LogP contribution in [-0.4, -0.2) is 18.1 Å². The minimum absolute atomic E-state index is 0.372. The van der Waals surface area contributed by atoms with Crippen LogP contribution in [0.3, 0.4) is 0 Å². The van der Waals surface area contributed by atoms with Gasteiger partial charge in [-0.25, -0.2) is 4.79 Å². The van der Waals surface area contributed by atoms with Crippen molar-refractivity contribution in [2.24, 2.45) is 0 Å². The fourth-order valence-electron chi connectivity index (χ4n) is 1.48.